The van der Waals surface area contributed by atoms with Gasteiger partial charge in [-0.2, -0.15) is 0 Å². The van der Waals surface area contributed by atoms with Gasteiger partial charge in [0.25, 0.3) is 5.91 Å². The fourth-order valence-electron chi connectivity index (χ4n) is 4.61. The second kappa shape index (κ2) is 8.94. The predicted molar refractivity (Wildman–Crippen MR) is 130 cm³/mol. The lowest BCUT2D eigenvalue weighted by Gasteiger charge is -2.26. The summed E-state index contributed by atoms with van der Waals surface area (Å²) in [6, 6.07) is 21.7. The van der Waals surface area contributed by atoms with Crippen LogP contribution in [-0.2, 0) is 14.3 Å². The molecule has 0 saturated heterocycles. The predicted octanol–water partition coefficient (Wildman–Crippen LogP) is 5.53. The van der Waals surface area contributed by atoms with E-state index in [2.05, 4.69) is 4.57 Å². The van der Waals surface area contributed by atoms with Crippen LogP contribution in [0.25, 0.3) is 11.8 Å². The lowest BCUT2D eigenvalue weighted by atomic mass is 10.0. The summed E-state index contributed by atoms with van der Waals surface area (Å²) in [6.45, 7) is 7.82. The number of esters is 1. The van der Waals surface area contributed by atoms with Gasteiger partial charge in [-0.1, -0.05) is 48.5 Å². The molecule has 0 unspecified atom stereocenters. The molecule has 0 radical (unpaired) electrons. The average molecular weight is 441 g/mol. The number of carbonyl (C=O) groups is 2. The SMILES string of the molecule is COC(=O)C1=C(C)N([C@H](C)c2ccccc2)C(=O)/C1=C/c1cc(C)n(-c2ccccc2)c1C. The van der Waals surface area contributed by atoms with Gasteiger partial charge in [0.05, 0.1) is 24.3 Å². The number of aromatic nitrogens is 1. The van der Waals surface area contributed by atoms with E-state index in [1.165, 1.54) is 7.11 Å². The molecule has 3 aromatic rings. The van der Waals surface area contributed by atoms with Crippen LogP contribution in [0.4, 0.5) is 0 Å². The molecule has 2 aromatic carbocycles. The molecule has 0 bridgehead atoms. The summed E-state index contributed by atoms with van der Waals surface area (Å²) in [7, 11) is 1.34. The number of benzene rings is 2. The Morgan fingerprint density at radius 3 is 2.18 bits per heavy atom. The summed E-state index contributed by atoms with van der Waals surface area (Å²) < 4.78 is 7.20. The first-order valence-electron chi connectivity index (χ1n) is 11.0. The van der Waals surface area contributed by atoms with Gasteiger partial charge < -0.3 is 14.2 Å². The average Bonchev–Trinajstić information content (AvgIpc) is 3.25. The van der Waals surface area contributed by atoms with Crippen LogP contribution in [0.1, 0.15) is 42.4 Å². The quantitative estimate of drug-likeness (QED) is 0.387. The third-order valence-electron chi connectivity index (χ3n) is 6.29. The van der Waals surface area contributed by atoms with Crippen molar-refractivity contribution in [2.45, 2.75) is 33.7 Å². The summed E-state index contributed by atoms with van der Waals surface area (Å²) in [6.07, 6.45) is 1.82. The molecule has 5 nitrogen and oxygen atoms in total. The van der Waals surface area contributed by atoms with Gasteiger partial charge in [0, 0.05) is 22.8 Å². The molecule has 33 heavy (non-hydrogen) atoms. The molecule has 0 aliphatic carbocycles. The van der Waals surface area contributed by atoms with Crippen LogP contribution < -0.4 is 0 Å². The highest BCUT2D eigenvalue weighted by Gasteiger charge is 2.39. The number of ether oxygens (including phenoxy) is 1. The Kier molecular flexibility index (Phi) is 6.05. The number of aryl methyl sites for hydroxylation is 1. The maximum atomic E-state index is 13.6. The number of methoxy groups -OCH3 is 1. The van der Waals surface area contributed by atoms with E-state index >= 15 is 0 Å². The van der Waals surface area contributed by atoms with E-state index in [0.717, 1.165) is 28.2 Å². The fourth-order valence-corrected chi connectivity index (χ4v) is 4.61. The number of nitrogens with zero attached hydrogens (tertiary/aromatic N) is 2. The molecule has 1 aromatic heterocycles. The molecule has 2 heterocycles. The zero-order valence-electron chi connectivity index (χ0n) is 19.6. The van der Waals surface area contributed by atoms with Crippen molar-refractivity contribution in [1.82, 2.24) is 9.47 Å². The van der Waals surface area contributed by atoms with Gasteiger partial charge in [0.15, 0.2) is 0 Å². The zero-order valence-corrected chi connectivity index (χ0v) is 19.6. The van der Waals surface area contributed by atoms with E-state index in [1.54, 1.807) is 11.8 Å². The minimum Gasteiger partial charge on any atom is -0.465 e. The second-order valence-electron chi connectivity index (χ2n) is 8.27. The van der Waals surface area contributed by atoms with Crippen molar-refractivity contribution in [3.63, 3.8) is 0 Å². The maximum absolute atomic E-state index is 13.6. The van der Waals surface area contributed by atoms with E-state index < -0.39 is 5.97 Å². The minimum atomic E-state index is -0.508. The molecule has 0 N–H and O–H groups in total. The standard InChI is InChI=1S/C28H28N2O3/c1-18-16-23(20(3)29(18)24-14-10-7-11-15-24)17-25-26(28(32)33-5)21(4)30(27(25)31)19(2)22-12-8-6-9-13-22/h6-17,19H,1-5H3/b25-17+/t19-/m1/s1. The Morgan fingerprint density at radius 2 is 1.58 bits per heavy atom. The summed E-state index contributed by atoms with van der Waals surface area (Å²) in [5, 5.41) is 0. The van der Waals surface area contributed by atoms with Crippen LogP contribution in [0.2, 0.25) is 0 Å². The Labute approximate surface area is 194 Å². The molecule has 1 amide bonds. The second-order valence-corrected chi connectivity index (χ2v) is 8.27. The van der Waals surface area contributed by atoms with Gasteiger partial charge in [-0.05, 0) is 63.1 Å². The molecule has 5 heteroatoms. The van der Waals surface area contributed by atoms with Crippen molar-refractivity contribution in [3.8, 4) is 5.69 Å². The van der Waals surface area contributed by atoms with Gasteiger partial charge in [-0.25, -0.2) is 4.79 Å². The minimum absolute atomic E-state index is 0.200. The molecule has 0 saturated carbocycles. The number of allylic oxidation sites excluding steroid dienone is 1. The molecule has 4 rings (SSSR count). The molecule has 1 aliphatic rings. The monoisotopic (exact) mass is 440 g/mol. The smallest absolute Gasteiger partial charge is 0.340 e. The van der Waals surface area contributed by atoms with Gasteiger partial charge in [0.2, 0.25) is 0 Å². The highest BCUT2D eigenvalue weighted by atomic mass is 16.5. The largest absolute Gasteiger partial charge is 0.465 e. The summed E-state index contributed by atoms with van der Waals surface area (Å²) in [4.78, 5) is 28.1. The van der Waals surface area contributed by atoms with Crippen LogP contribution in [0.5, 0.6) is 0 Å². The van der Waals surface area contributed by atoms with E-state index in [1.807, 2.05) is 93.6 Å². The van der Waals surface area contributed by atoms with Crippen LogP contribution in [0, 0.1) is 13.8 Å². The third kappa shape index (κ3) is 3.91. The maximum Gasteiger partial charge on any atom is 0.340 e. The van der Waals surface area contributed by atoms with Crippen molar-refractivity contribution in [1.29, 1.82) is 0 Å². The molecule has 168 valence electrons. The number of carbonyl (C=O) groups excluding carboxylic acids is 2. The number of rotatable bonds is 5. The Hall–Kier alpha value is -3.86. The van der Waals surface area contributed by atoms with E-state index in [4.69, 9.17) is 4.74 Å². The van der Waals surface area contributed by atoms with Crippen molar-refractivity contribution >= 4 is 18.0 Å². The lowest BCUT2D eigenvalue weighted by molar-refractivity contribution is -0.136. The van der Waals surface area contributed by atoms with Gasteiger partial charge >= 0.3 is 5.97 Å². The first kappa shape index (κ1) is 22.3. The van der Waals surface area contributed by atoms with Crippen LogP contribution in [0.3, 0.4) is 0 Å². The number of amides is 1. The normalized spacial score (nSPS) is 16.0. The molecular formula is C28H28N2O3. The van der Waals surface area contributed by atoms with Crippen molar-refractivity contribution < 1.29 is 14.3 Å². The zero-order chi connectivity index (χ0) is 23.7. The van der Waals surface area contributed by atoms with Crippen LogP contribution in [0.15, 0.2) is 83.6 Å². The Bertz CT molecular complexity index is 1270. The molecular weight excluding hydrogens is 412 g/mol. The highest BCUT2D eigenvalue weighted by Crippen LogP contribution is 2.38. The first-order chi connectivity index (χ1) is 15.8. The van der Waals surface area contributed by atoms with Gasteiger partial charge in [0.1, 0.15) is 0 Å². The van der Waals surface area contributed by atoms with Crippen LogP contribution >= 0.6 is 0 Å². The highest BCUT2D eigenvalue weighted by molar-refractivity contribution is 6.16. The topological polar surface area (TPSA) is 51.5 Å². The third-order valence-corrected chi connectivity index (χ3v) is 6.29. The van der Waals surface area contributed by atoms with E-state index in [0.29, 0.717) is 16.8 Å². The molecule has 0 fully saturated rings. The van der Waals surface area contributed by atoms with E-state index in [9.17, 15) is 9.59 Å². The first-order valence-corrected chi connectivity index (χ1v) is 11.0. The lowest BCUT2D eigenvalue weighted by Crippen LogP contribution is -2.28. The molecule has 1 atom stereocenters. The van der Waals surface area contributed by atoms with E-state index in [-0.39, 0.29) is 11.9 Å². The van der Waals surface area contributed by atoms with Crippen molar-refractivity contribution in [3.05, 3.63) is 106 Å². The molecule has 1 aliphatic heterocycles. The fraction of sp³-hybridized carbons (Fsp3) is 0.214. The summed E-state index contributed by atoms with van der Waals surface area (Å²) in [5.74, 6) is -0.708. The number of para-hydroxylation sites is 1. The Morgan fingerprint density at radius 1 is 0.970 bits per heavy atom. The van der Waals surface area contributed by atoms with Crippen molar-refractivity contribution in [2.24, 2.45) is 0 Å². The molecule has 0 spiro atoms. The Balaban J connectivity index is 1.82. The summed E-state index contributed by atoms with van der Waals surface area (Å²) in [5.41, 5.74) is 6.26. The van der Waals surface area contributed by atoms with Crippen LogP contribution in [-0.4, -0.2) is 28.5 Å². The van der Waals surface area contributed by atoms with Gasteiger partial charge in [-0.15, -0.1) is 0 Å². The summed E-state index contributed by atoms with van der Waals surface area (Å²) >= 11 is 0. The number of hydrogen-bond donors (Lipinski definition) is 0. The number of hydrogen-bond acceptors (Lipinski definition) is 3. The van der Waals surface area contributed by atoms with Crippen molar-refractivity contribution in [2.75, 3.05) is 7.11 Å². The van der Waals surface area contributed by atoms with Gasteiger partial charge in [-0.3, -0.25) is 4.79 Å².